The van der Waals surface area contributed by atoms with Gasteiger partial charge in [0.05, 0.1) is 16.6 Å². The number of fused-ring (bicyclic) bond motifs is 7. The van der Waals surface area contributed by atoms with Crippen molar-refractivity contribution in [2.45, 2.75) is 0 Å². The molecule has 0 saturated heterocycles. The lowest BCUT2D eigenvalue weighted by molar-refractivity contribution is 1.07. The molecule has 10 aromatic carbocycles. The zero-order valence-corrected chi connectivity index (χ0v) is 36.3. The van der Waals surface area contributed by atoms with E-state index in [1.54, 1.807) is 0 Å². The zero-order valence-electron chi connectivity index (χ0n) is 35.5. The van der Waals surface area contributed by atoms with Crippen LogP contribution in [-0.4, -0.2) is 19.4 Å². The molecule has 66 heavy (non-hydrogen) atoms. The van der Waals surface area contributed by atoms with E-state index in [0.29, 0.717) is 17.5 Å². The Labute approximate surface area is 383 Å². The third-order valence-corrected chi connectivity index (χ3v) is 14.4. The van der Waals surface area contributed by atoms with Gasteiger partial charge in [0.2, 0.25) is 0 Å². The van der Waals surface area contributed by atoms with Crippen molar-refractivity contribution in [1.29, 1.82) is 0 Å². The highest BCUT2D eigenvalue weighted by Crippen LogP contribution is 2.47. The molecule has 0 bridgehead atoms. The van der Waals surface area contributed by atoms with Crippen LogP contribution in [0.15, 0.2) is 218 Å². The summed E-state index contributed by atoms with van der Waals surface area (Å²) in [5.74, 6) is 1.86. The van der Waals surface area contributed by atoms with E-state index in [-0.39, 0.29) is 0 Å². The van der Waals surface area contributed by atoms with Crippen LogP contribution in [0.25, 0.3) is 137 Å². The molecule has 0 spiro atoms. The molecule has 0 unspecified atom stereocenters. The summed E-state index contributed by atoms with van der Waals surface area (Å²) >= 11 is 1.88. The summed E-state index contributed by atoms with van der Waals surface area (Å²) in [6, 6.07) is 78.5. The Kier molecular flexibility index (Phi) is 8.12. The van der Waals surface area contributed by atoms with E-state index >= 15 is 0 Å². The average molecular weight is 857 g/mol. The second-order valence-corrected chi connectivity index (χ2v) is 18.3. The Balaban J connectivity index is 1.01. The smallest absolute Gasteiger partial charge is 0.164 e. The highest BCUT2D eigenvalue weighted by atomic mass is 32.1. The van der Waals surface area contributed by atoms with Crippen molar-refractivity contribution in [2.24, 2.45) is 0 Å². The summed E-state index contributed by atoms with van der Waals surface area (Å²) in [5, 5.41) is 9.99. The molecule has 0 radical (unpaired) electrons. The summed E-state index contributed by atoms with van der Waals surface area (Å²) in [7, 11) is 0. The van der Waals surface area contributed by atoms with Crippen LogP contribution in [0.1, 0.15) is 0 Å². The fourth-order valence-corrected chi connectivity index (χ4v) is 11.4. The monoisotopic (exact) mass is 856 g/mol. The lowest BCUT2D eigenvalue weighted by atomic mass is 9.95. The van der Waals surface area contributed by atoms with E-state index in [1.807, 2.05) is 11.3 Å². The van der Waals surface area contributed by atoms with Crippen molar-refractivity contribution in [3.63, 3.8) is 0 Å². The molecule has 4 heterocycles. The SMILES string of the molecule is c1ccc(-c2cc(-c3ccccc3)cc(-c3nc(-c4cccc(-c5ccc6ccccc6c5)c4)nc(-c4ccc5c(c4)c4ccc6sc7cccc8c9ccccc9n5c4c6c78)n3)c2)cc1. The Morgan fingerprint density at radius 2 is 0.833 bits per heavy atom. The standard InChI is InChI=1S/C61H36N4S/c1-3-13-37(14-4-1)45-33-46(38-15-5-2-6-16-38)35-47(34-45)61-63-59(43-20-11-19-41(32-43)42-26-25-39-17-7-8-18-40(39)31-42)62-60(64-61)44-27-29-53-51(36-44)50-28-30-55-57-56-49(22-12-24-54(56)66-55)48-21-9-10-23-52(48)65(53)58(50)57/h1-36H. The lowest BCUT2D eigenvalue weighted by Crippen LogP contribution is -2.01. The van der Waals surface area contributed by atoms with Crippen LogP contribution in [0, 0.1) is 0 Å². The van der Waals surface area contributed by atoms with Crippen molar-refractivity contribution in [3.8, 4) is 67.5 Å². The van der Waals surface area contributed by atoms with Gasteiger partial charge in [-0.2, -0.15) is 0 Å². The van der Waals surface area contributed by atoms with Crippen LogP contribution < -0.4 is 0 Å². The van der Waals surface area contributed by atoms with Gasteiger partial charge in [-0.15, -0.1) is 11.3 Å². The van der Waals surface area contributed by atoms with E-state index in [2.05, 4.69) is 223 Å². The van der Waals surface area contributed by atoms with Gasteiger partial charge in [-0.25, -0.2) is 15.0 Å². The van der Waals surface area contributed by atoms with Gasteiger partial charge >= 0.3 is 0 Å². The van der Waals surface area contributed by atoms with Crippen LogP contribution in [0.4, 0.5) is 0 Å². The Morgan fingerprint density at radius 3 is 1.62 bits per heavy atom. The average Bonchev–Trinajstić information content (AvgIpc) is 3.90. The third kappa shape index (κ3) is 5.80. The number of para-hydroxylation sites is 1. The minimum absolute atomic E-state index is 0.617. The van der Waals surface area contributed by atoms with Gasteiger partial charge in [-0.3, -0.25) is 0 Å². The number of benzene rings is 10. The Hall–Kier alpha value is -8.51. The molecular formula is C61H36N4S. The molecule has 0 saturated carbocycles. The second kappa shape index (κ2) is 14.5. The molecule has 0 atom stereocenters. The highest BCUT2D eigenvalue weighted by Gasteiger charge is 2.22. The highest BCUT2D eigenvalue weighted by molar-refractivity contribution is 7.26. The molecule has 14 aromatic rings. The molecule has 0 aliphatic carbocycles. The summed E-state index contributed by atoms with van der Waals surface area (Å²) in [6.45, 7) is 0. The molecule has 0 N–H and O–H groups in total. The predicted octanol–water partition coefficient (Wildman–Crippen LogP) is 16.5. The first-order valence-corrected chi connectivity index (χ1v) is 23.1. The van der Waals surface area contributed by atoms with E-state index in [4.69, 9.17) is 15.0 Å². The molecular weight excluding hydrogens is 821 g/mol. The molecule has 0 aliphatic rings. The molecule has 5 heteroatoms. The number of aromatic nitrogens is 4. The van der Waals surface area contributed by atoms with E-state index in [1.165, 1.54) is 58.1 Å². The van der Waals surface area contributed by atoms with Crippen LogP contribution in [-0.2, 0) is 0 Å². The van der Waals surface area contributed by atoms with E-state index in [0.717, 1.165) is 61.0 Å². The summed E-state index contributed by atoms with van der Waals surface area (Å²) in [6.07, 6.45) is 0. The summed E-state index contributed by atoms with van der Waals surface area (Å²) in [5.41, 5.74) is 13.1. The maximum atomic E-state index is 5.40. The van der Waals surface area contributed by atoms with Crippen molar-refractivity contribution >= 4 is 80.4 Å². The molecule has 0 aliphatic heterocycles. The van der Waals surface area contributed by atoms with Gasteiger partial charge in [-0.1, -0.05) is 152 Å². The van der Waals surface area contributed by atoms with Crippen LogP contribution in [0.5, 0.6) is 0 Å². The fraction of sp³-hybridized carbons (Fsp3) is 0. The second-order valence-electron chi connectivity index (χ2n) is 17.2. The van der Waals surface area contributed by atoms with Crippen molar-refractivity contribution in [3.05, 3.63) is 218 Å². The number of hydrogen-bond acceptors (Lipinski definition) is 4. The van der Waals surface area contributed by atoms with Crippen molar-refractivity contribution < 1.29 is 0 Å². The van der Waals surface area contributed by atoms with Gasteiger partial charge in [0.15, 0.2) is 17.5 Å². The molecule has 0 amide bonds. The molecule has 0 fully saturated rings. The van der Waals surface area contributed by atoms with Crippen LogP contribution in [0.2, 0.25) is 0 Å². The third-order valence-electron chi connectivity index (χ3n) is 13.3. The Morgan fingerprint density at radius 1 is 0.288 bits per heavy atom. The van der Waals surface area contributed by atoms with E-state index < -0.39 is 0 Å². The van der Waals surface area contributed by atoms with Gasteiger partial charge < -0.3 is 4.40 Å². The fourth-order valence-electron chi connectivity index (χ4n) is 10.2. The van der Waals surface area contributed by atoms with Crippen molar-refractivity contribution in [1.82, 2.24) is 19.4 Å². The summed E-state index contributed by atoms with van der Waals surface area (Å²) < 4.78 is 5.10. The first-order chi connectivity index (χ1) is 32.7. The molecule has 4 nitrogen and oxygen atoms in total. The Bertz CT molecular complexity index is 4150. The number of thiophene rings is 1. The summed E-state index contributed by atoms with van der Waals surface area (Å²) in [4.78, 5) is 16.1. The van der Waals surface area contributed by atoms with E-state index in [9.17, 15) is 0 Å². The maximum Gasteiger partial charge on any atom is 0.164 e. The maximum absolute atomic E-state index is 5.40. The minimum atomic E-state index is 0.617. The minimum Gasteiger partial charge on any atom is -0.308 e. The normalized spacial score (nSPS) is 11.9. The lowest BCUT2D eigenvalue weighted by Gasteiger charge is -2.13. The molecule has 306 valence electrons. The first kappa shape index (κ1) is 36.9. The van der Waals surface area contributed by atoms with Gasteiger partial charge in [0, 0.05) is 53.0 Å². The molecule has 4 aromatic heterocycles. The molecule has 14 rings (SSSR count). The number of hydrogen-bond donors (Lipinski definition) is 0. The van der Waals surface area contributed by atoms with Gasteiger partial charge in [-0.05, 0) is 116 Å². The van der Waals surface area contributed by atoms with Gasteiger partial charge in [0.1, 0.15) is 0 Å². The first-order valence-electron chi connectivity index (χ1n) is 22.3. The largest absolute Gasteiger partial charge is 0.308 e. The topological polar surface area (TPSA) is 43.1 Å². The number of nitrogens with zero attached hydrogens (tertiary/aromatic N) is 4. The number of rotatable bonds is 6. The zero-order chi connectivity index (χ0) is 43.3. The van der Waals surface area contributed by atoms with Gasteiger partial charge in [0.25, 0.3) is 0 Å². The predicted molar refractivity (Wildman–Crippen MR) is 277 cm³/mol. The quantitative estimate of drug-likeness (QED) is 0.167. The van der Waals surface area contributed by atoms with Crippen LogP contribution in [0.3, 0.4) is 0 Å². The van der Waals surface area contributed by atoms with Crippen molar-refractivity contribution in [2.75, 3.05) is 0 Å². The van der Waals surface area contributed by atoms with Crippen LogP contribution >= 0.6 is 11.3 Å².